The van der Waals surface area contributed by atoms with Crippen molar-refractivity contribution in [3.05, 3.63) is 33.3 Å². The van der Waals surface area contributed by atoms with Crippen molar-refractivity contribution >= 4 is 27.5 Å². The van der Waals surface area contributed by atoms with Gasteiger partial charge in [0, 0.05) is 28.7 Å². The van der Waals surface area contributed by atoms with Gasteiger partial charge in [-0.2, -0.15) is 0 Å². The number of benzene rings is 1. The van der Waals surface area contributed by atoms with E-state index >= 15 is 0 Å². The van der Waals surface area contributed by atoms with Crippen molar-refractivity contribution in [1.82, 2.24) is 5.32 Å². The molecule has 18 heavy (non-hydrogen) atoms. The summed E-state index contributed by atoms with van der Waals surface area (Å²) in [7, 11) is 0. The van der Waals surface area contributed by atoms with Crippen molar-refractivity contribution < 1.29 is 5.11 Å². The third kappa shape index (κ3) is 3.70. The van der Waals surface area contributed by atoms with E-state index in [0.29, 0.717) is 18.6 Å². The minimum atomic E-state index is 0.291. The van der Waals surface area contributed by atoms with Crippen molar-refractivity contribution in [2.24, 2.45) is 5.92 Å². The predicted octanol–water partition coefficient (Wildman–Crippen LogP) is 3.74. The lowest BCUT2D eigenvalue weighted by Crippen LogP contribution is -2.39. The van der Waals surface area contributed by atoms with Gasteiger partial charge in [0.1, 0.15) is 0 Å². The highest BCUT2D eigenvalue weighted by Crippen LogP contribution is 2.26. The lowest BCUT2D eigenvalue weighted by atomic mass is 9.85. The van der Waals surface area contributed by atoms with E-state index < -0.39 is 0 Å². The fraction of sp³-hybridized carbons (Fsp3) is 0.571. The molecule has 0 radical (unpaired) electrons. The van der Waals surface area contributed by atoms with Gasteiger partial charge in [-0.15, -0.1) is 0 Å². The maximum atomic E-state index is 9.38. The van der Waals surface area contributed by atoms with Crippen molar-refractivity contribution in [2.45, 2.75) is 38.3 Å². The highest BCUT2D eigenvalue weighted by atomic mass is 79.9. The Hall–Kier alpha value is -0.0900. The first-order valence-electron chi connectivity index (χ1n) is 6.49. The second kappa shape index (κ2) is 6.90. The molecule has 0 saturated heterocycles. The van der Waals surface area contributed by atoms with Crippen LogP contribution in [0.3, 0.4) is 0 Å². The molecule has 2 unspecified atom stereocenters. The molecule has 1 aliphatic rings. The highest BCUT2D eigenvalue weighted by Gasteiger charge is 2.23. The van der Waals surface area contributed by atoms with Gasteiger partial charge in [0.2, 0.25) is 0 Å². The van der Waals surface area contributed by atoms with Gasteiger partial charge in [0.25, 0.3) is 0 Å². The van der Waals surface area contributed by atoms with Crippen molar-refractivity contribution in [3.8, 4) is 0 Å². The molecule has 0 aromatic heterocycles. The average Bonchev–Trinajstić information content (AvgIpc) is 2.38. The van der Waals surface area contributed by atoms with Gasteiger partial charge in [-0.25, -0.2) is 0 Å². The van der Waals surface area contributed by atoms with Gasteiger partial charge in [-0.05, 0) is 36.5 Å². The summed E-state index contributed by atoms with van der Waals surface area (Å²) in [6.45, 7) is 1.11. The zero-order valence-electron chi connectivity index (χ0n) is 10.3. The Morgan fingerprint density at radius 3 is 2.83 bits per heavy atom. The minimum absolute atomic E-state index is 0.291. The molecule has 4 heteroatoms. The second-order valence-corrected chi connectivity index (χ2v) is 6.24. The summed E-state index contributed by atoms with van der Waals surface area (Å²) in [6, 6.07) is 6.30. The third-order valence-electron chi connectivity index (χ3n) is 3.71. The van der Waals surface area contributed by atoms with Crippen LogP contribution in [0.2, 0.25) is 5.02 Å². The number of aliphatic hydroxyl groups is 1. The van der Waals surface area contributed by atoms with Crippen LogP contribution >= 0.6 is 27.5 Å². The molecule has 2 rings (SSSR count). The van der Waals surface area contributed by atoms with E-state index in [2.05, 4.69) is 21.2 Å². The number of halogens is 2. The fourth-order valence-electron chi connectivity index (χ4n) is 2.60. The Morgan fingerprint density at radius 1 is 1.33 bits per heavy atom. The molecular weight excluding hydrogens is 314 g/mol. The quantitative estimate of drug-likeness (QED) is 0.880. The minimum Gasteiger partial charge on any atom is -0.396 e. The first kappa shape index (κ1) is 14.3. The molecule has 0 heterocycles. The van der Waals surface area contributed by atoms with Crippen LogP contribution in [0.1, 0.15) is 31.2 Å². The van der Waals surface area contributed by atoms with Crippen LogP contribution in [0.4, 0.5) is 0 Å². The van der Waals surface area contributed by atoms with Gasteiger partial charge < -0.3 is 10.4 Å². The van der Waals surface area contributed by atoms with Crippen LogP contribution in [0.25, 0.3) is 0 Å². The van der Waals surface area contributed by atoms with E-state index in [4.69, 9.17) is 11.6 Å². The summed E-state index contributed by atoms with van der Waals surface area (Å²) < 4.78 is 1.04. The first-order valence-corrected chi connectivity index (χ1v) is 7.66. The van der Waals surface area contributed by atoms with Crippen molar-refractivity contribution in [3.63, 3.8) is 0 Å². The molecule has 2 nitrogen and oxygen atoms in total. The van der Waals surface area contributed by atoms with E-state index in [9.17, 15) is 5.11 Å². The number of hydrogen-bond donors (Lipinski definition) is 2. The Kier molecular flexibility index (Phi) is 5.49. The van der Waals surface area contributed by atoms with Crippen LogP contribution in [0, 0.1) is 5.92 Å². The molecule has 2 atom stereocenters. The van der Waals surface area contributed by atoms with Crippen LogP contribution < -0.4 is 5.32 Å². The lowest BCUT2D eigenvalue weighted by molar-refractivity contribution is 0.152. The summed E-state index contributed by atoms with van der Waals surface area (Å²) in [5.41, 5.74) is 1.21. The number of rotatable bonds is 4. The standard InChI is InChI=1S/C14H19BrClNO/c15-13-7-12(16)6-5-10(13)8-17-14-4-2-1-3-11(14)9-18/h5-7,11,14,17-18H,1-4,8-9H2. The monoisotopic (exact) mass is 331 g/mol. The topological polar surface area (TPSA) is 32.3 Å². The lowest BCUT2D eigenvalue weighted by Gasteiger charge is -2.31. The summed E-state index contributed by atoms with van der Waals surface area (Å²) in [5.74, 6) is 0.407. The van der Waals surface area contributed by atoms with Gasteiger partial charge in [-0.3, -0.25) is 0 Å². The van der Waals surface area contributed by atoms with E-state index in [0.717, 1.165) is 28.9 Å². The smallest absolute Gasteiger partial charge is 0.0474 e. The van der Waals surface area contributed by atoms with Crippen LogP contribution in [0.15, 0.2) is 22.7 Å². The van der Waals surface area contributed by atoms with Crippen LogP contribution in [-0.4, -0.2) is 17.8 Å². The van der Waals surface area contributed by atoms with Gasteiger partial charge >= 0.3 is 0 Å². The SMILES string of the molecule is OCC1CCCCC1NCc1ccc(Cl)cc1Br. The van der Waals surface area contributed by atoms with Gasteiger partial charge in [0.05, 0.1) is 0 Å². The van der Waals surface area contributed by atoms with Crippen molar-refractivity contribution in [2.75, 3.05) is 6.61 Å². The predicted molar refractivity (Wildman–Crippen MR) is 78.8 cm³/mol. The summed E-state index contributed by atoms with van der Waals surface area (Å²) in [4.78, 5) is 0. The van der Waals surface area contributed by atoms with Crippen molar-refractivity contribution in [1.29, 1.82) is 0 Å². The molecule has 1 aliphatic carbocycles. The summed E-state index contributed by atoms with van der Waals surface area (Å²) >= 11 is 9.46. The molecule has 0 amide bonds. The Bertz CT molecular complexity index is 399. The third-order valence-corrected chi connectivity index (χ3v) is 4.69. The summed E-state index contributed by atoms with van der Waals surface area (Å²) in [6.07, 6.45) is 4.80. The largest absolute Gasteiger partial charge is 0.396 e. The molecule has 100 valence electrons. The van der Waals surface area contributed by atoms with Gasteiger partial charge in [0.15, 0.2) is 0 Å². The molecule has 1 saturated carbocycles. The van der Waals surface area contributed by atoms with E-state index in [-0.39, 0.29) is 0 Å². The summed E-state index contributed by atoms with van der Waals surface area (Å²) in [5, 5.41) is 13.7. The average molecular weight is 333 g/mol. The molecular formula is C14H19BrClNO. The molecule has 1 aromatic rings. The zero-order chi connectivity index (χ0) is 13.0. The van der Waals surface area contributed by atoms with E-state index in [1.165, 1.54) is 18.4 Å². The van der Waals surface area contributed by atoms with Crippen LogP contribution in [-0.2, 0) is 6.54 Å². The van der Waals surface area contributed by atoms with Crippen LogP contribution in [0.5, 0.6) is 0 Å². The molecule has 0 bridgehead atoms. The number of aliphatic hydroxyl groups excluding tert-OH is 1. The van der Waals surface area contributed by atoms with E-state index in [1.54, 1.807) is 0 Å². The normalized spacial score (nSPS) is 24.2. The molecule has 0 aliphatic heterocycles. The number of nitrogens with one attached hydrogen (secondary N) is 1. The number of hydrogen-bond acceptors (Lipinski definition) is 2. The van der Waals surface area contributed by atoms with E-state index in [1.807, 2.05) is 18.2 Å². The first-order chi connectivity index (χ1) is 8.70. The maximum absolute atomic E-state index is 9.38. The fourth-order valence-corrected chi connectivity index (χ4v) is 3.42. The highest BCUT2D eigenvalue weighted by molar-refractivity contribution is 9.10. The Labute approximate surface area is 122 Å². The second-order valence-electron chi connectivity index (χ2n) is 4.95. The molecule has 2 N–H and O–H groups in total. The maximum Gasteiger partial charge on any atom is 0.0474 e. The molecule has 0 spiro atoms. The molecule has 1 aromatic carbocycles. The molecule has 1 fully saturated rings. The van der Waals surface area contributed by atoms with Gasteiger partial charge in [-0.1, -0.05) is 46.4 Å². The Balaban J connectivity index is 1.93. The Morgan fingerprint density at radius 2 is 2.11 bits per heavy atom. The zero-order valence-corrected chi connectivity index (χ0v) is 12.7.